The van der Waals surface area contributed by atoms with Gasteiger partial charge < -0.3 is 0 Å². The van der Waals surface area contributed by atoms with E-state index in [1.165, 1.54) is 6.20 Å². The summed E-state index contributed by atoms with van der Waals surface area (Å²) < 4.78 is 0. The van der Waals surface area contributed by atoms with E-state index in [0.29, 0.717) is 17.8 Å². The Labute approximate surface area is 137 Å². The van der Waals surface area contributed by atoms with Gasteiger partial charge in [-0.05, 0) is 17.7 Å². The Morgan fingerprint density at radius 1 is 1.12 bits per heavy atom. The lowest BCUT2D eigenvalue weighted by Crippen LogP contribution is -2.26. The van der Waals surface area contributed by atoms with Crippen molar-refractivity contribution >= 4 is 5.95 Å². The minimum Gasteiger partial charge on any atom is -0.289 e. The summed E-state index contributed by atoms with van der Waals surface area (Å²) in [6.07, 6.45) is 1.53. The Hall–Kier alpha value is -3.57. The largest absolute Gasteiger partial charge is 0.349 e. The molecule has 0 aliphatic carbocycles. The third-order valence-electron chi connectivity index (χ3n) is 3.14. The van der Waals surface area contributed by atoms with E-state index in [9.17, 15) is 4.79 Å². The van der Waals surface area contributed by atoms with Crippen molar-refractivity contribution in [2.45, 2.75) is 6.54 Å². The van der Waals surface area contributed by atoms with Gasteiger partial charge in [-0.2, -0.15) is 15.2 Å². The van der Waals surface area contributed by atoms with E-state index in [2.05, 4.69) is 30.8 Å². The number of hydrogen-bond acceptors (Lipinski definition) is 7. The first-order chi connectivity index (χ1) is 11.8. The SMILES string of the molecule is N#Cc1cccnc1-c1nc(NNCc2ccccc2)nc(=O)[nH]1. The molecule has 3 aromatic rings. The van der Waals surface area contributed by atoms with Crippen LogP contribution < -0.4 is 16.5 Å². The van der Waals surface area contributed by atoms with Gasteiger partial charge in [0.15, 0.2) is 5.82 Å². The number of H-pyrrole nitrogens is 1. The number of benzene rings is 1. The number of nitrogens with zero attached hydrogens (tertiary/aromatic N) is 4. The molecule has 0 atom stereocenters. The highest BCUT2D eigenvalue weighted by Crippen LogP contribution is 2.15. The minimum absolute atomic E-state index is 0.0965. The number of hydrazine groups is 1. The molecule has 8 nitrogen and oxygen atoms in total. The van der Waals surface area contributed by atoms with Crippen molar-refractivity contribution in [2.75, 3.05) is 5.43 Å². The van der Waals surface area contributed by atoms with E-state index >= 15 is 0 Å². The molecule has 0 aliphatic heterocycles. The minimum atomic E-state index is -0.585. The number of anilines is 1. The first kappa shape index (κ1) is 15.3. The van der Waals surface area contributed by atoms with Crippen molar-refractivity contribution in [3.05, 3.63) is 70.3 Å². The zero-order chi connectivity index (χ0) is 16.8. The van der Waals surface area contributed by atoms with E-state index in [0.717, 1.165) is 5.56 Å². The lowest BCUT2D eigenvalue weighted by molar-refractivity contribution is 0.779. The average Bonchev–Trinajstić information content (AvgIpc) is 2.62. The number of aromatic nitrogens is 4. The Kier molecular flexibility index (Phi) is 4.55. The number of rotatable bonds is 5. The Balaban J connectivity index is 1.79. The molecule has 0 fully saturated rings. The van der Waals surface area contributed by atoms with Crippen LogP contribution in [0, 0.1) is 11.3 Å². The van der Waals surface area contributed by atoms with Crippen LogP contribution in [-0.4, -0.2) is 19.9 Å². The fourth-order valence-corrected chi connectivity index (χ4v) is 2.06. The van der Waals surface area contributed by atoms with Crippen molar-refractivity contribution < 1.29 is 0 Å². The molecule has 0 aliphatic rings. The number of hydrogen-bond donors (Lipinski definition) is 3. The number of aromatic amines is 1. The van der Waals surface area contributed by atoms with Gasteiger partial charge >= 0.3 is 5.69 Å². The average molecular weight is 319 g/mol. The first-order valence-electron chi connectivity index (χ1n) is 7.13. The van der Waals surface area contributed by atoms with Crippen LogP contribution in [0.3, 0.4) is 0 Å². The summed E-state index contributed by atoms with van der Waals surface area (Å²) in [5, 5.41) is 9.13. The predicted molar refractivity (Wildman–Crippen MR) is 87.5 cm³/mol. The maximum atomic E-state index is 11.7. The van der Waals surface area contributed by atoms with Crippen molar-refractivity contribution in [2.24, 2.45) is 0 Å². The second-order valence-electron chi connectivity index (χ2n) is 4.80. The van der Waals surface area contributed by atoms with Crippen LogP contribution in [0.2, 0.25) is 0 Å². The zero-order valence-corrected chi connectivity index (χ0v) is 12.5. The van der Waals surface area contributed by atoms with Crippen LogP contribution in [0.4, 0.5) is 5.95 Å². The molecule has 0 bridgehead atoms. The molecule has 118 valence electrons. The molecule has 3 rings (SSSR count). The van der Waals surface area contributed by atoms with Gasteiger partial charge in [0.2, 0.25) is 5.95 Å². The molecular weight excluding hydrogens is 306 g/mol. The summed E-state index contributed by atoms with van der Waals surface area (Å²) in [6.45, 7) is 0.527. The molecule has 0 saturated carbocycles. The Morgan fingerprint density at radius 2 is 1.96 bits per heavy atom. The molecule has 0 unspecified atom stereocenters. The summed E-state index contributed by atoms with van der Waals surface area (Å²) >= 11 is 0. The molecule has 0 saturated heterocycles. The van der Waals surface area contributed by atoms with Crippen molar-refractivity contribution in [1.82, 2.24) is 25.4 Å². The molecule has 3 N–H and O–H groups in total. The molecule has 1 aromatic carbocycles. The van der Waals surface area contributed by atoms with E-state index in [1.807, 2.05) is 36.4 Å². The van der Waals surface area contributed by atoms with Gasteiger partial charge in [-0.1, -0.05) is 30.3 Å². The summed E-state index contributed by atoms with van der Waals surface area (Å²) in [4.78, 5) is 26.2. The normalized spacial score (nSPS) is 10.1. The summed E-state index contributed by atoms with van der Waals surface area (Å²) in [6, 6.07) is 15.0. The van der Waals surface area contributed by atoms with Crippen LogP contribution in [0.25, 0.3) is 11.5 Å². The summed E-state index contributed by atoms with van der Waals surface area (Å²) in [5.41, 5.74) is 6.81. The van der Waals surface area contributed by atoms with Gasteiger partial charge in [-0.25, -0.2) is 10.2 Å². The molecule has 24 heavy (non-hydrogen) atoms. The lowest BCUT2D eigenvalue weighted by atomic mass is 10.2. The van der Waals surface area contributed by atoms with Gasteiger partial charge in [0.05, 0.1) is 5.56 Å². The van der Waals surface area contributed by atoms with E-state index in [-0.39, 0.29) is 11.8 Å². The lowest BCUT2D eigenvalue weighted by Gasteiger charge is -2.08. The summed E-state index contributed by atoms with van der Waals surface area (Å²) in [7, 11) is 0. The molecule has 2 heterocycles. The van der Waals surface area contributed by atoms with Crippen LogP contribution in [0.5, 0.6) is 0 Å². The number of nitrogens with one attached hydrogen (secondary N) is 3. The molecule has 0 spiro atoms. The van der Waals surface area contributed by atoms with E-state index in [4.69, 9.17) is 5.26 Å². The first-order valence-corrected chi connectivity index (χ1v) is 7.13. The molecule has 0 amide bonds. The third kappa shape index (κ3) is 3.60. The van der Waals surface area contributed by atoms with Crippen LogP contribution >= 0.6 is 0 Å². The van der Waals surface area contributed by atoms with Crippen LogP contribution in [0.1, 0.15) is 11.1 Å². The Bertz CT molecular complexity index is 931. The van der Waals surface area contributed by atoms with Crippen molar-refractivity contribution in [1.29, 1.82) is 5.26 Å². The van der Waals surface area contributed by atoms with Gasteiger partial charge in [0.25, 0.3) is 0 Å². The number of pyridine rings is 1. The monoisotopic (exact) mass is 319 g/mol. The van der Waals surface area contributed by atoms with Crippen LogP contribution in [0.15, 0.2) is 53.5 Å². The van der Waals surface area contributed by atoms with E-state index in [1.54, 1.807) is 12.1 Å². The quantitative estimate of drug-likeness (QED) is 0.605. The maximum Gasteiger partial charge on any atom is 0.349 e. The predicted octanol–water partition coefficient (Wildman–Crippen LogP) is 1.22. The topological polar surface area (TPSA) is 119 Å². The van der Waals surface area contributed by atoms with E-state index < -0.39 is 5.69 Å². The Morgan fingerprint density at radius 3 is 2.75 bits per heavy atom. The highest BCUT2D eigenvalue weighted by molar-refractivity contribution is 5.59. The zero-order valence-electron chi connectivity index (χ0n) is 12.5. The standard InChI is InChI=1S/C16H13N7O/c17-9-12-7-4-8-18-13(12)14-20-15(22-16(24)21-14)23-19-10-11-5-2-1-3-6-11/h1-8,19H,10H2,(H2,20,21,22,23,24). The smallest absolute Gasteiger partial charge is 0.289 e. The maximum absolute atomic E-state index is 11.7. The van der Waals surface area contributed by atoms with Gasteiger partial charge in [0, 0.05) is 12.7 Å². The molecule has 2 aromatic heterocycles. The van der Waals surface area contributed by atoms with Gasteiger partial charge in [-0.15, -0.1) is 0 Å². The van der Waals surface area contributed by atoms with Gasteiger partial charge in [0.1, 0.15) is 11.8 Å². The van der Waals surface area contributed by atoms with Crippen LogP contribution in [-0.2, 0) is 6.54 Å². The second-order valence-corrected chi connectivity index (χ2v) is 4.80. The summed E-state index contributed by atoms with van der Waals surface area (Å²) in [5.74, 6) is 0.274. The molecule has 8 heteroatoms. The van der Waals surface area contributed by atoms with Gasteiger partial charge in [-0.3, -0.25) is 15.4 Å². The molecular formula is C16H13N7O. The molecule has 0 radical (unpaired) electrons. The fraction of sp³-hybridized carbons (Fsp3) is 0.0625. The third-order valence-corrected chi connectivity index (χ3v) is 3.14. The highest BCUT2D eigenvalue weighted by Gasteiger charge is 2.10. The number of nitriles is 1. The second kappa shape index (κ2) is 7.13. The fourth-order valence-electron chi connectivity index (χ4n) is 2.06. The van der Waals surface area contributed by atoms with Crippen molar-refractivity contribution in [3.8, 4) is 17.6 Å². The van der Waals surface area contributed by atoms with Crippen molar-refractivity contribution in [3.63, 3.8) is 0 Å². The highest BCUT2D eigenvalue weighted by atomic mass is 16.1.